The van der Waals surface area contributed by atoms with E-state index in [4.69, 9.17) is 5.73 Å². The number of hydrogen-bond donors (Lipinski definition) is 2. The Morgan fingerprint density at radius 1 is 1.12 bits per heavy atom. The molecule has 138 valence electrons. The van der Waals surface area contributed by atoms with Gasteiger partial charge in [-0.05, 0) is 50.2 Å². The number of rotatable bonds is 5. The van der Waals surface area contributed by atoms with Crippen LogP contribution in [0.4, 0.5) is 0 Å². The summed E-state index contributed by atoms with van der Waals surface area (Å²) in [6.07, 6.45) is 4.13. The van der Waals surface area contributed by atoms with E-state index in [1.54, 1.807) is 28.6 Å². The second-order valence-electron chi connectivity index (χ2n) is 7.18. The maximum atomic E-state index is 12.6. The molecule has 3 N–H and O–H groups in total. The molecule has 2 unspecified atom stereocenters. The lowest BCUT2D eigenvalue weighted by atomic mass is 9.97. The molecular weight excluding hydrogens is 338 g/mol. The third kappa shape index (κ3) is 4.40. The number of sulfonamides is 1. The van der Waals surface area contributed by atoms with Gasteiger partial charge in [-0.3, -0.25) is 4.79 Å². The van der Waals surface area contributed by atoms with Crippen molar-refractivity contribution in [3.63, 3.8) is 0 Å². The molecule has 2 aliphatic rings. The summed E-state index contributed by atoms with van der Waals surface area (Å²) in [5.41, 5.74) is 5.86. The summed E-state index contributed by atoms with van der Waals surface area (Å²) in [6, 6.07) is 8.71. The van der Waals surface area contributed by atoms with Gasteiger partial charge >= 0.3 is 0 Å². The highest BCUT2D eigenvalue weighted by Crippen LogP contribution is 2.25. The first-order chi connectivity index (χ1) is 12.0. The predicted octanol–water partition coefficient (Wildman–Crippen LogP) is 1.33. The standard InChI is InChI=1S/C18H27N3O3S/c19-16-7-6-15(12-16)18(22)20-13-14-8-10-21(11-9-14)25(23,24)17-4-2-1-3-5-17/h1-5,14-16H,6-13,19H2,(H,20,22). The molecule has 2 fully saturated rings. The number of piperidine rings is 1. The van der Waals surface area contributed by atoms with Crippen LogP contribution < -0.4 is 11.1 Å². The van der Waals surface area contributed by atoms with Gasteiger partial charge in [-0.15, -0.1) is 0 Å². The lowest BCUT2D eigenvalue weighted by Gasteiger charge is -2.31. The van der Waals surface area contributed by atoms with Gasteiger partial charge in [-0.1, -0.05) is 18.2 Å². The van der Waals surface area contributed by atoms with Crippen LogP contribution in [-0.4, -0.2) is 44.3 Å². The van der Waals surface area contributed by atoms with E-state index in [1.165, 1.54) is 0 Å². The summed E-state index contributed by atoms with van der Waals surface area (Å²) < 4.78 is 26.8. The normalized spacial score (nSPS) is 25.8. The minimum Gasteiger partial charge on any atom is -0.356 e. The fraction of sp³-hybridized carbons (Fsp3) is 0.611. The lowest BCUT2D eigenvalue weighted by Crippen LogP contribution is -2.42. The Morgan fingerprint density at radius 2 is 1.80 bits per heavy atom. The Morgan fingerprint density at radius 3 is 2.40 bits per heavy atom. The maximum absolute atomic E-state index is 12.6. The summed E-state index contributed by atoms with van der Waals surface area (Å²) in [6.45, 7) is 1.64. The monoisotopic (exact) mass is 365 g/mol. The highest BCUT2D eigenvalue weighted by Gasteiger charge is 2.31. The molecule has 0 radical (unpaired) electrons. The van der Waals surface area contributed by atoms with Crippen LogP contribution >= 0.6 is 0 Å². The molecule has 1 aromatic carbocycles. The number of nitrogens with zero attached hydrogens (tertiary/aromatic N) is 1. The van der Waals surface area contributed by atoms with Crippen molar-refractivity contribution >= 4 is 15.9 Å². The minimum absolute atomic E-state index is 0.0496. The van der Waals surface area contributed by atoms with Gasteiger partial charge in [0.25, 0.3) is 0 Å². The average molecular weight is 365 g/mol. The van der Waals surface area contributed by atoms with E-state index in [-0.39, 0.29) is 17.9 Å². The van der Waals surface area contributed by atoms with E-state index < -0.39 is 10.0 Å². The van der Waals surface area contributed by atoms with Crippen LogP contribution in [0.3, 0.4) is 0 Å². The van der Waals surface area contributed by atoms with Crippen LogP contribution in [0.5, 0.6) is 0 Å². The number of carbonyl (C=O) groups is 1. The summed E-state index contributed by atoms with van der Waals surface area (Å²) in [5.74, 6) is 0.488. The summed E-state index contributed by atoms with van der Waals surface area (Å²) in [7, 11) is -3.40. The van der Waals surface area contributed by atoms with Crippen molar-refractivity contribution in [3.05, 3.63) is 30.3 Å². The first-order valence-electron chi connectivity index (χ1n) is 9.05. The van der Waals surface area contributed by atoms with Gasteiger partial charge in [0.15, 0.2) is 0 Å². The van der Waals surface area contributed by atoms with Gasteiger partial charge in [0.05, 0.1) is 4.90 Å². The molecule has 0 aromatic heterocycles. The molecule has 1 aromatic rings. The zero-order valence-electron chi connectivity index (χ0n) is 14.4. The molecule has 7 heteroatoms. The number of benzene rings is 1. The second kappa shape index (κ2) is 7.85. The Labute approximate surface area is 149 Å². The van der Waals surface area contributed by atoms with E-state index in [0.717, 1.165) is 32.1 Å². The van der Waals surface area contributed by atoms with Gasteiger partial charge < -0.3 is 11.1 Å². The van der Waals surface area contributed by atoms with E-state index in [9.17, 15) is 13.2 Å². The molecule has 1 aliphatic carbocycles. The highest BCUT2D eigenvalue weighted by atomic mass is 32.2. The second-order valence-corrected chi connectivity index (χ2v) is 9.11. The Bertz CT molecular complexity index is 685. The Balaban J connectivity index is 1.47. The number of hydrogen-bond acceptors (Lipinski definition) is 4. The van der Waals surface area contributed by atoms with Gasteiger partial charge in [0.1, 0.15) is 0 Å². The van der Waals surface area contributed by atoms with Crippen molar-refractivity contribution in [2.75, 3.05) is 19.6 Å². The van der Waals surface area contributed by atoms with E-state index in [1.807, 2.05) is 6.07 Å². The van der Waals surface area contributed by atoms with Gasteiger partial charge in [0, 0.05) is 31.6 Å². The quantitative estimate of drug-likeness (QED) is 0.823. The molecule has 25 heavy (non-hydrogen) atoms. The molecule has 0 bridgehead atoms. The van der Waals surface area contributed by atoms with Crippen molar-refractivity contribution < 1.29 is 13.2 Å². The topological polar surface area (TPSA) is 92.5 Å². The molecule has 1 amide bonds. The van der Waals surface area contributed by atoms with Crippen LogP contribution in [0.2, 0.25) is 0 Å². The number of carbonyl (C=O) groups excluding carboxylic acids is 1. The number of nitrogens with two attached hydrogens (primary N) is 1. The van der Waals surface area contributed by atoms with E-state index in [0.29, 0.717) is 30.4 Å². The molecule has 1 saturated carbocycles. The van der Waals surface area contributed by atoms with E-state index in [2.05, 4.69) is 5.32 Å². The predicted molar refractivity (Wildman–Crippen MR) is 96.3 cm³/mol. The molecule has 1 heterocycles. The summed E-state index contributed by atoms with van der Waals surface area (Å²) in [4.78, 5) is 12.5. The molecule has 1 saturated heterocycles. The van der Waals surface area contributed by atoms with Crippen molar-refractivity contribution in [2.24, 2.45) is 17.6 Å². The largest absolute Gasteiger partial charge is 0.356 e. The minimum atomic E-state index is -3.40. The van der Waals surface area contributed by atoms with Gasteiger partial charge in [-0.25, -0.2) is 8.42 Å². The Kier molecular flexibility index (Phi) is 5.76. The molecule has 3 rings (SSSR count). The molecule has 6 nitrogen and oxygen atoms in total. The summed E-state index contributed by atoms with van der Waals surface area (Å²) in [5, 5.41) is 3.04. The molecular formula is C18H27N3O3S. The zero-order chi connectivity index (χ0) is 17.9. The van der Waals surface area contributed by atoms with Gasteiger partial charge in [-0.2, -0.15) is 4.31 Å². The van der Waals surface area contributed by atoms with Crippen molar-refractivity contribution in [1.82, 2.24) is 9.62 Å². The van der Waals surface area contributed by atoms with Gasteiger partial charge in [0.2, 0.25) is 15.9 Å². The molecule has 2 atom stereocenters. The van der Waals surface area contributed by atoms with Crippen LogP contribution in [0, 0.1) is 11.8 Å². The fourth-order valence-electron chi connectivity index (χ4n) is 3.74. The number of nitrogens with one attached hydrogen (secondary N) is 1. The third-order valence-corrected chi connectivity index (χ3v) is 7.28. The molecule has 1 aliphatic heterocycles. The van der Waals surface area contributed by atoms with Crippen molar-refractivity contribution in [1.29, 1.82) is 0 Å². The fourth-order valence-corrected chi connectivity index (χ4v) is 5.23. The SMILES string of the molecule is NC1CCC(C(=O)NCC2CCN(S(=O)(=O)c3ccccc3)CC2)C1. The molecule has 0 spiro atoms. The Hall–Kier alpha value is -1.44. The first-order valence-corrected chi connectivity index (χ1v) is 10.5. The average Bonchev–Trinajstić information content (AvgIpc) is 3.07. The smallest absolute Gasteiger partial charge is 0.243 e. The lowest BCUT2D eigenvalue weighted by molar-refractivity contribution is -0.125. The van der Waals surface area contributed by atoms with Crippen LogP contribution in [0.1, 0.15) is 32.1 Å². The van der Waals surface area contributed by atoms with Crippen LogP contribution in [-0.2, 0) is 14.8 Å². The summed E-state index contributed by atoms with van der Waals surface area (Å²) >= 11 is 0. The zero-order valence-corrected chi connectivity index (χ0v) is 15.2. The van der Waals surface area contributed by atoms with Crippen molar-refractivity contribution in [2.45, 2.75) is 43.0 Å². The highest BCUT2D eigenvalue weighted by molar-refractivity contribution is 7.89. The van der Waals surface area contributed by atoms with Crippen molar-refractivity contribution in [3.8, 4) is 0 Å². The van der Waals surface area contributed by atoms with Crippen LogP contribution in [0.25, 0.3) is 0 Å². The first kappa shape index (κ1) is 18.4. The number of amides is 1. The van der Waals surface area contributed by atoms with E-state index >= 15 is 0 Å². The van der Waals surface area contributed by atoms with Crippen LogP contribution in [0.15, 0.2) is 35.2 Å². The maximum Gasteiger partial charge on any atom is 0.243 e. The third-order valence-electron chi connectivity index (χ3n) is 5.36.